The van der Waals surface area contributed by atoms with E-state index in [4.69, 9.17) is 0 Å². The molecule has 0 aromatic heterocycles. The Kier molecular flexibility index (Phi) is 4.53. The quantitative estimate of drug-likeness (QED) is 0.877. The zero-order chi connectivity index (χ0) is 13.8. The monoisotopic (exact) mass is 264 g/mol. The molecule has 1 aliphatic heterocycles. The molecule has 0 spiro atoms. The van der Waals surface area contributed by atoms with Gasteiger partial charge in [0.25, 0.3) is 0 Å². The summed E-state index contributed by atoms with van der Waals surface area (Å²) in [7, 11) is 0. The average molecular weight is 264 g/mol. The SMILES string of the molecule is Cc1cc(CNC(=O)C2CCNCC2)cc(C)c1F. The highest BCUT2D eigenvalue weighted by molar-refractivity contribution is 5.78. The van der Waals surface area contributed by atoms with E-state index in [0.717, 1.165) is 31.5 Å². The molecule has 2 N–H and O–H groups in total. The Balaban J connectivity index is 1.93. The van der Waals surface area contributed by atoms with E-state index in [0.29, 0.717) is 17.7 Å². The van der Waals surface area contributed by atoms with Gasteiger partial charge in [-0.25, -0.2) is 4.39 Å². The van der Waals surface area contributed by atoms with Crippen molar-refractivity contribution in [1.82, 2.24) is 10.6 Å². The number of hydrogen-bond donors (Lipinski definition) is 2. The van der Waals surface area contributed by atoms with Crippen LogP contribution in [0.15, 0.2) is 12.1 Å². The van der Waals surface area contributed by atoms with E-state index in [9.17, 15) is 9.18 Å². The van der Waals surface area contributed by atoms with Gasteiger partial charge in [-0.15, -0.1) is 0 Å². The molecule has 0 atom stereocenters. The molecule has 1 aliphatic rings. The van der Waals surface area contributed by atoms with Crippen molar-refractivity contribution in [3.05, 3.63) is 34.6 Å². The van der Waals surface area contributed by atoms with Crippen LogP contribution in [0.25, 0.3) is 0 Å². The van der Waals surface area contributed by atoms with E-state index in [2.05, 4.69) is 10.6 Å². The normalized spacial score (nSPS) is 16.4. The number of benzene rings is 1. The number of halogens is 1. The van der Waals surface area contributed by atoms with Crippen LogP contribution in [-0.2, 0) is 11.3 Å². The summed E-state index contributed by atoms with van der Waals surface area (Å²) >= 11 is 0. The van der Waals surface area contributed by atoms with Crippen LogP contribution in [0, 0.1) is 25.6 Å². The van der Waals surface area contributed by atoms with E-state index >= 15 is 0 Å². The summed E-state index contributed by atoms with van der Waals surface area (Å²) in [6.07, 6.45) is 1.79. The Labute approximate surface area is 113 Å². The van der Waals surface area contributed by atoms with Crippen molar-refractivity contribution >= 4 is 5.91 Å². The first-order valence-electron chi connectivity index (χ1n) is 6.82. The van der Waals surface area contributed by atoms with Crippen LogP contribution in [0.5, 0.6) is 0 Å². The van der Waals surface area contributed by atoms with Crippen LogP contribution < -0.4 is 10.6 Å². The Bertz CT molecular complexity index is 444. The van der Waals surface area contributed by atoms with Gasteiger partial charge in [-0.2, -0.15) is 0 Å². The van der Waals surface area contributed by atoms with Gasteiger partial charge in [0, 0.05) is 12.5 Å². The molecule has 0 bridgehead atoms. The van der Waals surface area contributed by atoms with Crippen molar-refractivity contribution in [2.24, 2.45) is 5.92 Å². The number of carbonyl (C=O) groups excluding carboxylic acids is 1. The third kappa shape index (κ3) is 3.53. The molecule has 1 aromatic carbocycles. The maximum Gasteiger partial charge on any atom is 0.223 e. The molecule has 1 aromatic rings. The highest BCUT2D eigenvalue weighted by Gasteiger charge is 2.20. The molecule has 0 radical (unpaired) electrons. The number of aryl methyl sites for hydroxylation is 2. The first kappa shape index (κ1) is 14.0. The lowest BCUT2D eigenvalue weighted by Gasteiger charge is -2.21. The lowest BCUT2D eigenvalue weighted by molar-refractivity contribution is -0.125. The second-order valence-electron chi connectivity index (χ2n) is 5.29. The number of hydrogen-bond acceptors (Lipinski definition) is 2. The third-order valence-electron chi connectivity index (χ3n) is 3.67. The van der Waals surface area contributed by atoms with Crippen LogP contribution >= 0.6 is 0 Å². The molecule has 0 aliphatic carbocycles. The Morgan fingerprint density at radius 2 is 1.89 bits per heavy atom. The van der Waals surface area contributed by atoms with Gasteiger partial charge in [-0.05, 0) is 56.5 Å². The van der Waals surface area contributed by atoms with Gasteiger partial charge in [-0.1, -0.05) is 12.1 Å². The lowest BCUT2D eigenvalue weighted by atomic mass is 9.97. The highest BCUT2D eigenvalue weighted by atomic mass is 19.1. The van der Waals surface area contributed by atoms with Crippen LogP contribution in [0.2, 0.25) is 0 Å². The topological polar surface area (TPSA) is 41.1 Å². The standard InChI is InChI=1S/C15H21FN2O/c1-10-7-12(8-11(2)14(10)16)9-18-15(19)13-3-5-17-6-4-13/h7-8,13,17H,3-6,9H2,1-2H3,(H,18,19). The van der Waals surface area contributed by atoms with E-state index in [1.807, 2.05) is 0 Å². The van der Waals surface area contributed by atoms with Crippen LogP contribution in [0.3, 0.4) is 0 Å². The van der Waals surface area contributed by atoms with Gasteiger partial charge in [0.1, 0.15) is 5.82 Å². The van der Waals surface area contributed by atoms with Crippen LogP contribution in [0.4, 0.5) is 4.39 Å². The summed E-state index contributed by atoms with van der Waals surface area (Å²) in [6.45, 7) is 5.80. The predicted octanol–water partition coefficient (Wildman–Crippen LogP) is 2.06. The van der Waals surface area contributed by atoms with Gasteiger partial charge < -0.3 is 10.6 Å². The predicted molar refractivity (Wildman–Crippen MR) is 73.3 cm³/mol. The molecule has 3 nitrogen and oxygen atoms in total. The van der Waals surface area contributed by atoms with Crippen LogP contribution in [0.1, 0.15) is 29.5 Å². The fourth-order valence-electron chi connectivity index (χ4n) is 2.56. The second-order valence-corrected chi connectivity index (χ2v) is 5.29. The second kappa shape index (κ2) is 6.15. The molecule has 1 fully saturated rings. The molecule has 1 saturated heterocycles. The van der Waals surface area contributed by atoms with Crippen molar-refractivity contribution in [2.75, 3.05) is 13.1 Å². The molecular formula is C15H21FN2O. The smallest absolute Gasteiger partial charge is 0.223 e. The molecule has 2 rings (SSSR count). The summed E-state index contributed by atoms with van der Waals surface area (Å²) in [5.41, 5.74) is 2.22. The minimum atomic E-state index is -0.159. The molecular weight excluding hydrogens is 243 g/mol. The summed E-state index contributed by atoms with van der Waals surface area (Å²) < 4.78 is 13.5. The highest BCUT2D eigenvalue weighted by Crippen LogP contribution is 2.15. The van der Waals surface area contributed by atoms with E-state index in [1.165, 1.54) is 0 Å². The van der Waals surface area contributed by atoms with E-state index in [-0.39, 0.29) is 17.6 Å². The Morgan fingerprint density at radius 1 is 1.32 bits per heavy atom. The maximum absolute atomic E-state index is 13.5. The summed E-state index contributed by atoms with van der Waals surface area (Å²) in [5.74, 6) is 0.0680. The zero-order valence-corrected chi connectivity index (χ0v) is 11.6. The summed E-state index contributed by atoms with van der Waals surface area (Å²) in [5, 5.41) is 6.20. The van der Waals surface area contributed by atoms with Crippen LogP contribution in [-0.4, -0.2) is 19.0 Å². The zero-order valence-electron chi connectivity index (χ0n) is 11.6. The minimum absolute atomic E-state index is 0.112. The molecule has 104 valence electrons. The largest absolute Gasteiger partial charge is 0.352 e. The molecule has 1 heterocycles. The summed E-state index contributed by atoms with van der Waals surface area (Å²) in [4.78, 5) is 12.0. The van der Waals surface area contributed by atoms with Gasteiger partial charge in [0.2, 0.25) is 5.91 Å². The average Bonchev–Trinajstić information content (AvgIpc) is 2.43. The van der Waals surface area contributed by atoms with Crippen molar-refractivity contribution in [3.63, 3.8) is 0 Å². The Morgan fingerprint density at radius 3 is 2.47 bits per heavy atom. The summed E-state index contributed by atoms with van der Waals surface area (Å²) in [6, 6.07) is 3.59. The lowest BCUT2D eigenvalue weighted by Crippen LogP contribution is -2.37. The number of carbonyl (C=O) groups is 1. The molecule has 4 heteroatoms. The fourth-order valence-corrected chi connectivity index (χ4v) is 2.56. The number of rotatable bonds is 3. The van der Waals surface area contributed by atoms with E-state index in [1.54, 1.807) is 26.0 Å². The van der Waals surface area contributed by atoms with Gasteiger partial charge in [-0.3, -0.25) is 4.79 Å². The molecule has 0 unspecified atom stereocenters. The minimum Gasteiger partial charge on any atom is -0.352 e. The fraction of sp³-hybridized carbons (Fsp3) is 0.533. The first-order valence-corrected chi connectivity index (χ1v) is 6.82. The van der Waals surface area contributed by atoms with Crippen molar-refractivity contribution < 1.29 is 9.18 Å². The van der Waals surface area contributed by atoms with E-state index < -0.39 is 0 Å². The molecule has 19 heavy (non-hydrogen) atoms. The third-order valence-corrected chi connectivity index (χ3v) is 3.67. The Hall–Kier alpha value is -1.42. The maximum atomic E-state index is 13.5. The molecule has 0 saturated carbocycles. The number of piperidine rings is 1. The first-order chi connectivity index (χ1) is 9.08. The van der Waals surface area contributed by atoms with Crippen molar-refractivity contribution in [3.8, 4) is 0 Å². The number of amides is 1. The van der Waals surface area contributed by atoms with Gasteiger partial charge in [0.15, 0.2) is 0 Å². The van der Waals surface area contributed by atoms with Crippen molar-refractivity contribution in [2.45, 2.75) is 33.2 Å². The number of nitrogens with one attached hydrogen (secondary N) is 2. The molecule has 1 amide bonds. The van der Waals surface area contributed by atoms with Crippen molar-refractivity contribution in [1.29, 1.82) is 0 Å². The van der Waals surface area contributed by atoms with Gasteiger partial charge in [0.05, 0.1) is 0 Å². The van der Waals surface area contributed by atoms with Gasteiger partial charge >= 0.3 is 0 Å².